The van der Waals surface area contributed by atoms with Crippen LogP contribution in [0.15, 0.2) is 15.8 Å². The normalized spacial score (nSPS) is 8.73. The van der Waals surface area contributed by atoms with Crippen LogP contribution in [-0.4, -0.2) is 17.3 Å². The number of nitrogens with one attached hydrogen (secondary N) is 2. The molecule has 1 rings (SSSR count). The van der Waals surface area contributed by atoms with Crippen molar-refractivity contribution in [2.24, 2.45) is 0 Å². The third-order valence-corrected chi connectivity index (χ3v) is 0.960. The van der Waals surface area contributed by atoms with Gasteiger partial charge >= 0.3 is 59.5 Å². The molecule has 1 heterocycles. The van der Waals surface area contributed by atoms with Gasteiger partial charge in [0.05, 0.1) is 0 Å². The molecule has 0 spiro atoms. The van der Waals surface area contributed by atoms with Gasteiger partial charge in [-0.2, -0.15) is 0 Å². The summed E-state index contributed by atoms with van der Waals surface area (Å²) in [5, 5.41) is 0. The van der Waals surface area contributed by atoms with Gasteiger partial charge in [-0.05, 0) is 0 Å². The molecule has 0 aliphatic rings. The van der Waals surface area contributed by atoms with Crippen molar-refractivity contribution in [3.05, 3.63) is 27.0 Å². The fourth-order valence-electron chi connectivity index (χ4n) is 0.537. The summed E-state index contributed by atoms with van der Waals surface area (Å²) in [6, 6.07) is 0. The molecule has 11 heavy (non-hydrogen) atoms. The van der Waals surface area contributed by atoms with Crippen molar-refractivity contribution in [3.8, 4) is 5.75 Å². The molecule has 1 aromatic heterocycles. The molecule has 0 aliphatic heterocycles. The van der Waals surface area contributed by atoms with E-state index >= 15 is 0 Å². The van der Waals surface area contributed by atoms with Crippen LogP contribution >= 0.6 is 0 Å². The minimum atomic E-state index is -0.735. The van der Waals surface area contributed by atoms with Gasteiger partial charge in [-0.1, -0.05) is 0 Å². The molecule has 2 N–H and O–H groups in total. The van der Waals surface area contributed by atoms with Crippen LogP contribution in [0.3, 0.4) is 0 Å². The molecule has 1 aromatic rings. The maximum absolute atomic E-state index is 10.7. The molecule has 0 unspecified atom stereocenters. The second kappa shape index (κ2) is 2.95. The first-order chi connectivity index (χ1) is 5.24. The first-order valence-corrected chi connectivity index (χ1v) is 2.66. The van der Waals surface area contributed by atoms with Crippen LogP contribution in [0, 0.1) is 0 Å². The zero-order valence-corrected chi connectivity index (χ0v) is 5.29. The number of H-pyrrole nitrogens is 2. The fourth-order valence-corrected chi connectivity index (χ4v) is 0.537. The zero-order valence-electron chi connectivity index (χ0n) is 5.29. The van der Waals surface area contributed by atoms with Crippen LogP contribution in [0.2, 0.25) is 0 Å². The molecule has 0 saturated carbocycles. The first-order valence-electron chi connectivity index (χ1n) is 2.66. The Bertz CT molecular complexity index is 367. The van der Waals surface area contributed by atoms with Gasteiger partial charge < -0.3 is 0 Å². The standard InChI is InChI=1S/C4H3BN2O4/c8-3-2(11-5-10)1-6-4(9)7-3/h1H,(H2,6,7,8,9). The van der Waals surface area contributed by atoms with Crippen molar-refractivity contribution in [2.75, 3.05) is 0 Å². The van der Waals surface area contributed by atoms with Gasteiger partial charge in [-0.15, -0.1) is 0 Å². The molecule has 7 heteroatoms. The average Bonchev–Trinajstić information content (AvgIpc) is 1.95. The topological polar surface area (TPSA) is 92.0 Å². The van der Waals surface area contributed by atoms with Gasteiger partial charge in [0.25, 0.3) is 0 Å². The number of hydrogen-bond acceptors (Lipinski definition) is 4. The molecule has 6 nitrogen and oxygen atoms in total. The summed E-state index contributed by atoms with van der Waals surface area (Å²) >= 11 is 0. The SMILES string of the molecule is O=BOc1c[nH]c(=O)[nH]c1=O. The van der Waals surface area contributed by atoms with Crippen molar-refractivity contribution < 1.29 is 9.36 Å². The van der Waals surface area contributed by atoms with Crippen molar-refractivity contribution in [2.45, 2.75) is 0 Å². The van der Waals surface area contributed by atoms with Crippen LogP contribution in [-0.2, 0) is 4.70 Å². The number of aromatic amines is 2. The summed E-state index contributed by atoms with van der Waals surface area (Å²) in [5.41, 5.74) is -1.38. The molecule has 0 atom stereocenters. The van der Waals surface area contributed by atoms with Gasteiger partial charge in [0.1, 0.15) is 0 Å². The van der Waals surface area contributed by atoms with Crippen LogP contribution in [0.5, 0.6) is 5.75 Å². The van der Waals surface area contributed by atoms with Crippen LogP contribution in [0.25, 0.3) is 0 Å². The summed E-state index contributed by atoms with van der Waals surface area (Å²) in [4.78, 5) is 25.1. The van der Waals surface area contributed by atoms with E-state index in [0.717, 1.165) is 6.20 Å². The number of rotatable bonds is 2. The van der Waals surface area contributed by atoms with Crippen molar-refractivity contribution in [1.29, 1.82) is 0 Å². The summed E-state index contributed by atoms with van der Waals surface area (Å²) in [5.74, 6) is -0.236. The van der Waals surface area contributed by atoms with E-state index in [4.69, 9.17) is 0 Å². The third kappa shape index (κ3) is 1.63. The summed E-state index contributed by atoms with van der Waals surface area (Å²) in [6.07, 6.45) is 1.01. The summed E-state index contributed by atoms with van der Waals surface area (Å²) in [6.45, 7) is 0. The van der Waals surface area contributed by atoms with E-state index in [0.29, 0.717) is 0 Å². The molecule has 0 amide bonds. The molecular formula is C4H3BN2O4. The van der Waals surface area contributed by atoms with E-state index in [2.05, 4.69) is 9.64 Å². The summed E-state index contributed by atoms with van der Waals surface area (Å²) in [7, 11) is 0.100. The van der Waals surface area contributed by atoms with Gasteiger partial charge in [-0.3, -0.25) is 0 Å². The van der Waals surface area contributed by atoms with E-state index in [1.54, 1.807) is 0 Å². The first kappa shape index (κ1) is 7.45. The monoisotopic (exact) mass is 154 g/mol. The van der Waals surface area contributed by atoms with E-state index < -0.39 is 11.2 Å². The Morgan fingerprint density at radius 3 is 2.73 bits per heavy atom. The second-order valence-electron chi connectivity index (χ2n) is 1.65. The minimum absolute atomic E-state index is 0.100. The van der Waals surface area contributed by atoms with E-state index in [-0.39, 0.29) is 13.1 Å². The Kier molecular flexibility index (Phi) is 2.00. The molecule has 0 fully saturated rings. The second-order valence-corrected chi connectivity index (χ2v) is 1.65. The van der Waals surface area contributed by atoms with Crippen molar-refractivity contribution in [1.82, 2.24) is 9.97 Å². The van der Waals surface area contributed by atoms with Crippen LogP contribution in [0.4, 0.5) is 0 Å². The predicted octanol–water partition coefficient (Wildman–Crippen LogP) is -1.59. The fraction of sp³-hybridized carbons (Fsp3) is 0. The molecular weight excluding hydrogens is 151 g/mol. The molecule has 56 valence electrons. The van der Waals surface area contributed by atoms with Crippen LogP contribution < -0.4 is 15.9 Å². The number of aromatic nitrogens is 2. The van der Waals surface area contributed by atoms with E-state index in [9.17, 15) is 14.3 Å². The predicted molar refractivity (Wildman–Crippen MR) is 34.8 cm³/mol. The number of hydrogen-bond donors (Lipinski definition) is 2. The van der Waals surface area contributed by atoms with Gasteiger partial charge in [0, 0.05) is 0 Å². The van der Waals surface area contributed by atoms with Gasteiger partial charge in [0.15, 0.2) is 0 Å². The van der Waals surface area contributed by atoms with E-state index in [1.807, 2.05) is 4.98 Å². The Labute approximate surface area is 60.5 Å². The van der Waals surface area contributed by atoms with E-state index in [1.165, 1.54) is 0 Å². The molecule has 0 aliphatic carbocycles. The van der Waals surface area contributed by atoms with Crippen LogP contribution in [0.1, 0.15) is 0 Å². The molecule has 0 radical (unpaired) electrons. The van der Waals surface area contributed by atoms with Gasteiger partial charge in [0.2, 0.25) is 0 Å². The average molecular weight is 154 g/mol. The Hall–Kier alpha value is -1.66. The third-order valence-electron chi connectivity index (χ3n) is 0.960. The molecule has 0 saturated heterocycles. The van der Waals surface area contributed by atoms with Crippen molar-refractivity contribution >= 4 is 7.35 Å². The molecule has 0 bridgehead atoms. The maximum atomic E-state index is 10.7. The molecule has 0 aromatic carbocycles. The van der Waals surface area contributed by atoms with Gasteiger partial charge in [-0.25, -0.2) is 0 Å². The summed E-state index contributed by atoms with van der Waals surface area (Å²) < 4.78 is 13.9. The Morgan fingerprint density at radius 1 is 1.45 bits per heavy atom. The van der Waals surface area contributed by atoms with Crippen molar-refractivity contribution in [3.63, 3.8) is 0 Å². The quantitative estimate of drug-likeness (QED) is 0.502. The Morgan fingerprint density at radius 2 is 2.18 bits per heavy atom. The Balaban J connectivity index is 3.19. The zero-order chi connectivity index (χ0) is 8.27.